The number of nitrogens with zero attached hydrogens (tertiary/aromatic N) is 1. The third-order valence-electron chi connectivity index (χ3n) is 4.01. The minimum Gasteiger partial charge on any atom is -0.398 e. The largest absolute Gasteiger partial charge is 0.398 e. The number of hydrogen-bond donors (Lipinski definition) is 1. The quantitative estimate of drug-likeness (QED) is 0.866. The number of hydrogen-bond acceptors (Lipinski definition) is 3. The Morgan fingerprint density at radius 2 is 1.95 bits per heavy atom. The van der Waals surface area contributed by atoms with Crippen molar-refractivity contribution in [2.24, 2.45) is 0 Å². The Kier molecular flexibility index (Phi) is 3.87. The van der Waals surface area contributed by atoms with Crippen molar-refractivity contribution in [3.05, 3.63) is 23.3 Å². The summed E-state index contributed by atoms with van der Waals surface area (Å²) < 4.78 is 27.1. The summed E-state index contributed by atoms with van der Waals surface area (Å²) in [7, 11) is -3.46. The standard InChI is InChI=1S/C14H22N2O2S/c1-4-12-6-5-7-16(12)19(17,18)14-9-11(3)10(2)8-13(14)15/h8-9,12H,4-7,15H2,1-3H3. The molecule has 1 atom stereocenters. The van der Waals surface area contributed by atoms with Crippen LogP contribution in [-0.2, 0) is 10.0 Å². The first-order valence-electron chi connectivity index (χ1n) is 6.76. The van der Waals surface area contributed by atoms with Gasteiger partial charge in [0.1, 0.15) is 4.90 Å². The van der Waals surface area contributed by atoms with Crippen LogP contribution in [0.25, 0.3) is 0 Å². The first-order valence-corrected chi connectivity index (χ1v) is 8.20. The van der Waals surface area contributed by atoms with Crippen LogP contribution >= 0.6 is 0 Å². The second kappa shape index (κ2) is 5.13. The number of nitrogen functional groups attached to an aromatic ring is 1. The number of anilines is 1. The van der Waals surface area contributed by atoms with E-state index < -0.39 is 10.0 Å². The summed E-state index contributed by atoms with van der Waals surface area (Å²) in [6.45, 7) is 6.48. The predicted octanol–water partition coefficient (Wildman–Crippen LogP) is 2.45. The molecule has 1 aliphatic heterocycles. The highest BCUT2D eigenvalue weighted by Gasteiger charge is 2.35. The lowest BCUT2D eigenvalue weighted by atomic mass is 10.1. The molecule has 106 valence electrons. The van der Waals surface area contributed by atoms with Crippen LogP contribution in [0.3, 0.4) is 0 Å². The van der Waals surface area contributed by atoms with E-state index in [0.717, 1.165) is 30.4 Å². The van der Waals surface area contributed by atoms with E-state index >= 15 is 0 Å². The molecular weight excluding hydrogens is 260 g/mol. The smallest absolute Gasteiger partial charge is 0.245 e. The molecule has 1 aliphatic rings. The maximum absolute atomic E-state index is 12.7. The van der Waals surface area contributed by atoms with E-state index in [4.69, 9.17) is 5.73 Å². The summed E-state index contributed by atoms with van der Waals surface area (Å²) in [4.78, 5) is 0.260. The maximum Gasteiger partial charge on any atom is 0.245 e. The van der Waals surface area contributed by atoms with E-state index in [0.29, 0.717) is 12.2 Å². The minimum absolute atomic E-state index is 0.117. The van der Waals surface area contributed by atoms with Crippen molar-refractivity contribution in [1.82, 2.24) is 4.31 Å². The van der Waals surface area contributed by atoms with Gasteiger partial charge in [-0.25, -0.2) is 8.42 Å². The zero-order valence-corrected chi connectivity index (χ0v) is 12.6. The Morgan fingerprint density at radius 3 is 2.58 bits per heavy atom. The lowest BCUT2D eigenvalue weighted by Gasteiger charge is -2.24. The van der Waals surface area contributed by atoms with Crippen LogP contribution in [0, 0.1) is 13.8 Å². The molecule has 1 saturated heterocycles. The first-order chi connectivity index (χ1) is 8.87. The van der Waals surface area contributed by atoms with Crippen LogP contribution in [0.1, 0.15) is 37.3 Å². The number of aryl methyl sites for hydroxylation is 2. The van der Waals surface area contributed by atoms with Crippen molar-refractivity contribution in [2.45, 2.75) is 51.0 Å². The fourth-order valence-corrected chi connectivity index (χ4v) is 4.65. The predicted molar refractivity (Wildman–Crippen MR) is 77.5 cm³/mol. The van der Waals surface area contributed by atoms with Gasteiger partial charge in [-0.2, -0.15) is 4.31 Å². The number of rotatable bonds is 3. The summed E-state index contributed by atoms with van der Waals surface area (Å²) >= 11 is 0. The number of benzene rings is 1. The van der Waals surface area contributed by atoms with Crippen molar-refractivity contribution in [2.75, 3.05) is 12.3 Å². The van der Waals surface area contributed by atoms with Gasteiger partial charge in [-0.15, -0.1) is 0 Å². The Labute approximate surface area is 115 Å². The van der Waals surface area contributed by atoms with Crippen LogP contribution in [0.5, 0.6) is 0 Å². The summed E-state index contributed by atoms with van der Waals surface area (Å²) in [5.74, 6) is 0. The molecule has 0 spiro atoms. The van der Waals surface area contributed by atoms with E-state index in [9.17, 15) is 8.42 Å². The summed E-state index contributed by atoms with van der Waals surface area (Å²) in [6, 6.07) is 3.57. The fourth-order valence-electron chi connectivity index (χ4n) is 2.70. The average molecular weight is 282 g/mol. The first kappa shape index (κ1) is 14.3. The van der Waals surface area contributed by atoms with E-state index in [2.05, 4.69) is 0 Å². The summed E-state index contributed by atoms with van der Waals surface area (Å²) in [5.41, 5.74) is 8.25. The van der Waals surface area contributed by atoms with E-state index in [-0.39, 0.29) is 10.9 Å². The van der Waals surface area contributed by atoms with Crippen molar-refractivity contribution >= 4 is 15.7 Å². The van der Waals surface area contributed by atoms with Crippen LogP contribution < -0.4 is 5.73 Å². The SMILES string of the molecule is CCC1CCCN1S(=O)(=O)c1cc(C)c(C)cc1N. The van der Waals surface area contributed by atoms with Gasteiger partial charge in [-0.3, -0.25) is 0 Å². The second-order valence-corrected chi connectivity index (χ2v) is 7.15. The molecule has 1 aromatic rings. The molecule has 1 heterocycles. The molecule has 1 unspecified atom stereocenters. The molecule has 0 bridgehead atoms. The molecule has 2 N–H and O–H groups in total. The van der Waals surface area contributed by atoms with Gasteiger partial charge in [0.2, 0.25) is 10.0 Å². The van der Waals surface area contributed by atoms with Gasteiger partial charge in [-0.1, -0.05) is 6.92 Å². The van der Waals surface area contributed by atoms with Crippen LogP contribution in [0.15, 0.2) is 17.0 Å². The van der Waals surface area contributed by atoms with Gasteiger partial charge in [0.15, 0.2) is 0 Å². The Bertz CT molecular complexity index is 581. The molecule has 0 aromatic heterocycles. The fraction of sp³-hybridized carbons (Fsp3) is 0.571. The monoisotopic (exact) mass is 282 g/mol. The Hall–Kier alpha value is -1.07. The normalized spacial score (nSPS) is 20.9. The van der Waals surface area contributed by atoms with Crippen LogP contribution in [0.2, 0.25) is 0 Å². The van der Waals surface area contributed by atoms with Gasteiger partial charge < -0.3 is 5.73 Å². The highest BCUT2D eigenvalue weighted by Crippen LogP contribution is 2.31. The average Bonchev–Trinajstić information content (AvgIpc) is 2.82. The van der Waals surface area contributed by atoms with Gasteiger partial charge in [0.05, 0.1) is 5.69 Å². The van der Waals surface area contributed by atoms with Crippen LogP contribution in [-0.4, -0.2) is 25.3 Å². The number of nitrogens with two attached hydrogens (primary N) is 1. The molecule has 1 aromatic carbocycles. The molecule has 2 rings (SSSR count). The van der Waals surface area contributed by atoms with Crippen molar-refractivity contribution in [3.8, 4) is 0 Å². The van der Waals surface area contributed by atoms with Crippen LogP contribution in [0.4, 0.5) is 5.69 Å². The molecular formula is C14H22N2O2S. The lowest BCUT2D eigenvalue weighted by molar-refractivity contribution is 0.380. The molecule has 0 saturated carbocycles. The molecule has 4 nitrogen and oxygen atoms in total. The van der Waals surface area contributed by atoms with Gasteiger partial charge in [0.25, 0.3) is 0 Å². The Balaban J connectivity index is 2.48. The molecule has 0 amide bonds. The van der Waals surface area contributed by atoms with E-state index in [1.165, 1.54) is 0 Å². The van der Waals surface area contributed by atoms with Crippen molar-refractivity contribution in [1.29, 1.82) is 0 Å². The van der Waals surface area contributed by atoms with Crippen molar-refractivity contribution < 1.29 is 8.42 Å². The highest BCUT2D eigenvalue weighted by molar-refractivity contribution is 7.89. The third-order valence-corrected chi connectivity index (χ3v) is 6.01. The van der Waals surface area contributed by atoms with Gasteiger partial charge >= 0.3 is 0 Å². The maximum atomic E-state index is 12.7. The molecule has 19 heavy (non-hydrogen) atoms. The second-order valence-electron chi connectivity index (χ2n) is 5.29. The molecule has 5 heteroatoms. The van der Waals surface area contributed by atoms with Crippen molar-refractivity contribution in [3.63, 3.8) is 0 Å². The molecule has 1 fully saturated rings. The van der Waals surface area contributed by atoms with Gasteiger partial charge in [0, 0.05) is 12.6 Å². The zero-order valence-electron chi connectivity index (χ0n) is 11.8. The van der Waals surface area contributed by atoms with E-state index in [1.807, 2.05) is 20.8 Å². The highest BCUT2D eigenvalue weighted by atomic mass is 32.2. The minimum atomic E-state index is -3.46. The topological polar surface area (TPSA) is 63.4 Å². The lowest BCUT2D eigenvalue weighted by Crippen LogP contribution is -2.35. The summed E-state index contributed by atoms with van der Waals surface area (Å²) in [5, 5.41) is 0. The molecule has 0 radical (unpaired) electrons. The summed E-state index contributed by atoms with van der Waals surface area (Å²) in [6.07, 6.45) is 2.73. The molecule has 0 aliphatic carbocycles. The Morgan fingerprint density at radius 1 is 1.32 bits per heavy atom. The van der Waals surface area contributed by atoms with Gasteiger partial charge in [-0.05, 0) is 56.4 Å². The van der Waals surface area contributed by atoms with E-state index in [1.54, 1.807) is 16.4 Å². The number of sulfonamides is 1. The zero-order chi connectivity index (χ0) is 14.2. The third kappa shape index (κ3) is 2.49.